The van der Waals surface area contributed by atoms with Crippen molar-refractivity contribution in [2.24, 2.45) is 0 Å². The summed E-state index contributed by atoms with van der Waals surface area (Å²) in [6.07, 6.45) is 1.18. The van der Waals surface area contributed by atoms with E-state index in [9.17, 15) is 13.2 Å². The minimum atomic E-state index is -3.74. The molecule has 1 amide bonds. The number of amides is 1. The number of para-hydroxylation sites is 1. The normalized spacial score (nSPS) is 18.2. The second-order valence-corrected chi connectivity index (χ2v) is 8.29. The maximum absolute atomic E-state index is 12.9. The van der Waals surface area contributed by atoms with Gasteiger partial charge in [0.15, 0.2) is 0 Å². The highest BCUT2D eigenvalue weighted by atomic mass is 35.5. The Hall–Kier alpha value is -1.89. The van der Waals surface area contributed by atoms with Crippen LogP contribution in [0.3, 0.4) is 0 Å². The Balaban J connectivity index is 1.87. The van der Waals surface area contributed by atoms with E-state index in [1.807, 2.05) is 30.3 Å². The van der Waals surface area contributed by atoms with Crippen LogP contribution in [0.1, 0.15) is 12.8 Å². The van der Waals surface area contributed by atoms with Gasteiger partial charge in [-0.25, -0.2) is 8.42 Å². The lowest BCUT2D eigenvalue weighted by molar-refractivity contribution is -0.121. The highest BCUT2D eigenvalue weighted by Gasteiger charge is 2.40. The van der Waals surface area contributed by atoms with Gasteiger partial charge in [0.25, 0.3) is 0 Å². The van der Waals surface area contributed by atoms with Crippen molar-refractivity contribution in [3.05, 3.63) is 59.6 Å². The molecule has 7 heteroatoms. The van der Waals surface area contributed by atoms with Gasteiger partial charge in [-0.1, -0.05) is 29.8 Å². The number of nitrogens with zero attached hydrogens (tertiary/aromatic N) is 2. The van der Waals surface area contributed by atoms with Crippen LogP contribution in [0, 0.1) is 0 Å². The first-order valence-electron chi connectivity index (χ1n) is 8.01. The zero-order valence-electron chi connectivity index (χ0n) is 13.8. The van der Waals surface area contributed by atoms with Gasteiger partial charge in [0, 0.05) is 24.3 Å². The van der Waals surface area contributed by atoms with Crippen LogP contribution in [-0.4, -0.2) is 38.3 Å². The first-order chi connectivity index (χ1) is 11.9. The Morgan fingerprint density at radius 3 is 2.40 bits per heavy atom. The molecule has 0 bridgehead atoms. The van der Waals surface area contributed by atoms with Crippen LogP contribution in [0.2, 0.25) is 5.02 Å². The van der Waals surface area contributed by atoms with E-state index in [0.717, 1.165) is 5.69 Å². The Kier molecular flexibility index (Phi) is 5.13. The monoisotopic (exact) mass is 378 g/mol. The smallest absolute Gasteiger partial charge is 0.245 e. The van der Waals surface area contributed by atoms with Gasteiger partial charge in [-0.2, -0.15) is 4.31 Å². The van der Waals surface area contributed by atoms with Crippen LogP contribution in [0.5, 0.6) is 0 Å². The molecular formula is C18H19ClN2O3S. The molecule has 0 aliphatic carbocycles. The fourth-order valence-corrected chi connectivity index (χ4v) is 4.80. The van der Waals surface area contributed by atoms with Crippen LogP contribution in [0.4, 0.5) is 5.69 Å². The molecule has 0 spiro atoms. The molecule has 1 fully saturated rings. The average Bonchev–Trinajstić information content (AvgIpc) is 3.12. The van der Waals surface area contributed by atoms with Crippen molar-refractivity contribution in [3.63, 3.8) is 0 Å². The number of carbonyl (C=O) groups excluding carboxylic acids is 1. The Morgan fingerprint density at radius 2 is 1.76 bits per heavy atom. The number of sulfonamides is 1. The third-order valence-electron chi connectivity index (χ3n) is 4.38. The van der Waals surface area contributed by atoms with E-state index in [-0.39, 0.29) is 10.8 Å². The van der Waals surface area contributed by atoms with Crippen molar-refractivity contribution >= 4 is 33.2 Å². The highest BCUT2D eigenvalue weighted by Crippen LogP contribution is 2.28. The van der Waals surface area contributed by atoms with Gasteiger partial charge in [0.1, 0.15) is 6.04 Å². The summed E-state index contributed by atoms with van der Waals surface area (Å²) in [4.78, 5) is 14.6. The summed E-state index contributed by atoms with van der Waals surface area (Å²) < 4.78 is 27.2. The topological polar surface area (TPSA) is 57.7 Å². The molecule has 0 N–H and O–H groups in total. The molecule has 0 aromatic heterocycles. The van der Waals surface area contributed by atoms with Gasteiger partial charge in [0.2, 0.25) is 15.9 Å². The Labute approximate surface area is 152 Å². The predicted molar refractivity (Wildman–Crippen MR) is 98.2 cm³/mol. The second kappa shape index (κ2) is 7.15. The molecule has 1 aliphatic heterocycles. The van der Waals surface area contributed by atoms with E-state index >= 15 is 0 Å². The van der Waals surface area contributed by atoms with E-state index in [1.165, 1.54) is 33.5 Å². The molecule has 25 heavy (non-hydrogen) atoms. The van der Waals surface area contributed by atoms with Gasteiger partial charge in [-0.15, -0.1) is 0 Å². The molecule has 2 aromatic carbocycles. The summed E-state index contributed by atoms with van der Waals surface area (Å²) in [6, 6.07) is 14.5. The molecule has 0 radical (unpaired) electrons. The Morgan fingerprint density at radius 1 is 1.12 bits per heavy atom. The highest BCUT2D eigenvalue weighted by molar-refractivity contribution is 7.89. The number of rotatable bonds is 4. The molecule has 3 rings (SSSR count). The van der Waals surface area contributed by atoms with Gasteiger partial charge in [-0.3, -0.25) is 4.79 Å². The third kappa shape index (κ3) is 3.56. The van der Waals surface area contributed by atoms with E-state index in [0.29, 0.717) is 24.4 Å². The summed E-state index contributed by atoms with van der Waals surface area (Å²) in [7, 11) is -2.07. The van der Waals surface area contributed by atoms with E-state index in [2.05, 4.69) is 0 Å². The van der Waals surface area contributed by atoms with Crippen molar-refractivity contribution in [1.29, 1.82) is 0 Å². The zero-order chi connectivity index (χ0) is 18.0. The molecular weight excluding hydrogens is 360 g/mol. The maximum atomic E-state index is 12.9. The van der Waals surface area contributed by atoms with Crippen molar-refractivity contribution in [2.45, 2.75) is 23.8 Å². The minimum absolute atomic E-state index is 0.152. The van der Waals surface area contributed by atoms with Gasteiger partial charge in [0.05, 0.1) is 4.90 Å². The van der Waals surface area contributed by atoms with E-state index in [4.69, 9.17) is 11.6 Å². The lowest BCUT2D eigenvalue weighted by Crippen LogP contribution is -2.46. The fourth-order valence-electron chi connectivity index (χ4n) is 3.02. The van der Waals surface area contributed by atoms with Crippen LogP contribution >= 0.6 is 11.6 Å². The molecule has 0 saturated carbocycles. The average molecular weight is 379 g/mol. The molecule has 1 atom stereocenters. The van der Waals surface area contributed by atoms with Crippen LogP contribution in [-0.2, 0) is 14.8 Å². The van der Waals surface area contributed by atoms with Crippen molar-refractivity contribution in [1.82, 2.24) is 4.31 Å². The summed E-state index contributed by atoms with van der Waals surface area (Å²) in [5.74, 6) is -0.221. The fraction of sp³-hybridized carbons (Fsp3) is 0.278. The quantitative estimate of drug-likeness (QED) is 0.821. The number of hydrogen-bond acceptors (Lipinski definition) is 3. The van der Waals surface area contributed by atoms with Crippen LogP contribution < -0.4 is 4.90 Å². The van der Waals surface area contributed by atoms with E-state index < -0.39 is 16.1 Å². The number of anilines is 1. The van der Waals surface area contributed by atoms with Gasteiger partial charge < -0.3 is 4.90 Å². The molecule has 1 saturated heterocycles. The van der Waals surface area contributed by atoms with Crippen LogP contribution in [0.15, 0.2) is 59.5 Å². The molecule has 1 heterocycles. The van der Waals surface area contributed by atoms with Gasteiger partial charge >= 0.3 is 0 Å². The molecule has 5 nitrogen and oxygen atoms in total. The second-order valence-electron chi connectivity index (χ2n) is 5.96. The first kappa shape index (κ1) is 17.9. The Bertz CT molecular complexity index is 854. The van der Waals surface area contributed by atoms with Crippen LogP contribution in [0.25, 0.3) is 0 Å². The summed E-state index contributed by atoms with van der Waals surface area (Å²) >= 11 is 5.84. The number of halogens is 1. The molecule has 1 aliphatic rings. The van der Waals surface area contributed by atoms with Crippen molar-refractivity contribution in [2.75, 3.05) is 18.5 Å². The number of carbonyl (C=O) groups is 1. The summed E-state index contributed by atoms with van der Waals surface area (Å²) in [5, 5.41) is 0.469. The largest absolute Gasteiger partial charge is 0.314 e. The summed E-state index contributed by atoms with van der Waals surface area (Å²) in [6.45, 7) is 0.337. The number of benzene rings is 2. The zero-order valence-corrected chi connectivity index (χ0v) is 15.4. The maximum Gasteiger partial charge on any atom is 0.245 e. The van der Waals surface area contributed by atoms with Crippen molar-refractivity contribution < 1.29 is 13.2 Å². The van der Waals surface area contributed by atoms with Gasteiger partial charge in [-0.05, 0) is 49.2 Å². The number of hydrogen-bond donors (Lipinski definition) is 0. The molecule has 132 valence electrons. The third-order valence-corrected chi connectivity index (χ3v) is 6.56. The molecule has 2 aromatic rings. The number of likely N-dealkylation sites (N-methyl/N-ethyl adjacent to an activating group) is 1. The lowest BCUT2D eigenvalue weighted by Gasteiger charge is -2.27. The standard InChI is InChI=1S/C18H19ClN2O3S/c1-20(15-6-3-2-4-7-15)18(22)17-8-5-13-21(17)25(23,24)16-11-9-14(19)10-12-16/h2-4,6-7,9-12,17H,5,8,13H2,1H3. The minimum Gasteiger partial charge on any atom is -0.314 e. The van der Waals surface area contributed by atoms with Crippen molar-refractivity contribution in [3.8, 4) is 0 Å². The molecule has 1 unspecified atom stereocenters. The first-order valence-corrected chi connectivity index (χ1v) is 9.83. The summed E-state index contributed by atoms with van der Waals surface area (Å²) in [5.41, 5.74) is 0.739. The lowest BCUT2D eigenvalue weighted by atomic mass is 10.2. The van der Waals surface area contributed by atoms with E-state index in [1.54, 1.807) is 7.05 Å². The predicted octanol–water partition coefficient (Wildman–Crippen LogP) is 3.16. The SMILES string of the molecule is CN(C(=O)C1CCCN1S(=O)(=O)c1ccc(Cl)cc1)c1ccccc1.